The number of fused-ring (bicyclic) bond motifs is 1. The number of para-hydroxylation sites is 2. The average molecular weight is 396 g/mol. The van der Waals surface area contributed by atoms with E-state index >= 15 is 0 Å². The maximum Gasteiger partial charge on any atom is 0.265 e. The Morgan fingerprint density at radius 1 is 1.10 bits per heavy atom. The lowest BCUT2D eigenvalue weighted by Crippen LogP contribution is -2.42. The average Bonchev–Trinajstić information content (AvgIpc) is 2.76. The van der Waals surface area contributed by atoms with Crippen LogP contribution in [-0.4, -0.2) is 49.5 Å². The van der Waals surface area contributed by atoms with Crippen molar-refractivity contribution in [3.05, 3.63) is 60.2 Å². The molecule has 0 saturated carbocycles. The molecule has 3 rings (SSSR count). The van der Waals surface area contributed by atoms with Crippen molar-refractivity contribution < 1.29 is 14.3 Å². The van der Waals surface area contributed by atoms with Crippen molar-refractivity contribution in [1.29, 1.82) is 0 Å². The second kappa shape index (κ2) is 10.1. The molecule has 154 valence electrons. The molecule has 1 aliphatic rings. The van der Waals surface area contributed by atoms with Crippen LogP contribution in [0.2, 0.25) is 0 Å². The molecule has 1 unspecified atom stereocenters. The molecule has 29 heavy (non-hydrogen) atoms. The van der Waals surface area contributed by atoms with Crippen molar-refractivity contribution >= 4 is 17.5 Å². The van der Waals surface area contributed by atoms with E-state index in [1.165, 1.54) is 5.56 Å². The molecule has 0 radical (unpaired) electrons. The highest BCUT2D eigenvalue weighted by Crippen LogP contribution is 2.31. The molecule has 0 aromatic heterocycles. The molecule has 0 spiro atoms. The maximum atomic E-state index is 12.5. The van der Waals surface area contributed by atoms with E-state index in [0.29, 0.717) is 18.8 Å². The van der Waals surface area contributed by atoms with Gasteiger partial charge in [-0.05, 0) is 30.8 Å². The van der Waals surface area contributed by atoms with Crippen LogP contribution >= 0.6 is 0 Å². The lowest BCUT2D eigenvalue weighted by molar-refractivity contribution is -0.122. The van der Waals surface area contributed by atoms with Crippen LogP contribution in [0.25, 0.3) is 0 Å². The highest BCUT2D eigenvalue weighted by Gasteiger charge is 2.25. The van der Waals surface area contributed by atoms with E-state index < -0.39 is 0 Å². The van der Waals surface area contributed by atoms with E-state index in [-0.39, 0.29) is 30.9 Å². The quantitative estimate of drug-likeness (QED) is 0.709. The summed E-state index contributed by atoms with van der Waals surface area (Å²) in [6.07, 6.45) is 0.250. The molecule has 0 fully saturated rings. The first-order valence-electron chi connectivity index (χ1n) is 10.2. The number of hydrogen-bond donors (Lipinski definition) is 1. The summed E-state index contributed by atoms with van der Waals surface area (Å²) in [6.45, 7) is 6.96. The van der Waals surface area contributed by atoms with Crippen LogP contribution in [0.5, 0.6) is 5.75 Å². The van der Waals surface area contributed by atoms with E-state index in [1.54, 1.807) is 4.90 Å². The van der Waals surface area contributed by atoms with Gasteiger partial charge in [0, 0.05) is 19.5 Å². The minimum absolute atomic E-state index is 0.0106. The molecule has 1 N–H and O–H groups in total. The zero-order valence-electron chi connectivity index (χ0n) is 17.1. The number of anilines is 1. The first kappa shape index (κ1) is 20.9. The van der Waals surface area contributed by atoms with Crippen molar-refractivity contribution in [2.24, 2.45) is 0 Å². The summed E-state index contributed by atoms with van der Waals surface area (Å²) in [5, 5.41) is 3.06. The number of likely N-dealkylation sites (N-methyl/N-ethyl adjacent to an activating group) is 1. The second-order valence-corrected chi connectivity index (χ2v) is 7.00. The predicted octanol–water partition coefficient (Wildman–Crippen LogP) is 3.00. The van der Waals surface area contributed by atoms with Gasteiger partial charge in [-0.25, -0.2) is 0 Å². The molecule has 2 aromatic rings. The van der Waals surface area contributed by atoms with Crippen LogP contribution in [0.4, 0.5) is 5.69 Å². The molecule has 2 aromatic carbocycles. The van der Waals surface area contributed by atoms with Crippen molar-refractivity contribution in [1.82, 2.24) is 10.2 Å². The number of carbonyl (C=O) groups excluding carboxylic acids is 2. The van der Waals surface area contributed by atoms with Gasteiger partial charge < -0.3 is 15.0 Å². The fourth-order valence-corrected chi connectivity index (χ4v) is 3.71. The Labute approximate surface area is 172 Å². The van der Waals surface area contributed by atoms with Crippen LogP contribution in [0.1, 0.15) is 31.9 Å². The Morgan fingerprint density at radius 3 is 2.52 bits per heavy atom. The smallest absolute Gasteiger partial charge is 0.265 e. The number of nitrogens with zero attached hydrogens (tertiary/aromatic N) is 2. The summed E-state index contributed by atoms with van der Waals surface area (Å²) in [5.74, 6) is 0.495. The van der Waals surface area contributed by atoms with Crippen molar-refractivity contribution in [3.63, 3.8) is 0 Å². The van der Waals surface area contributed by atoms with Gasteiger partial charge in [0.2, 0.25) is 5.91 Å². The summed E-state index contributed by atoms with van der Waals surface area (Å²) in [7, 11) is 0. The number of ether oxygens (including phenoxy) is 1. The van der Waals surface area contributed by atoms with Gasteiger partial charge >= 0.3 is 0 Å². The number of rotatable bonds is 9. The summed E-state index contributed by atoms with van der Waals surface area (Å²) >= 11 is 0. The molecule has 1 atom stereocenters. The first-order valence-corrected chi connectivity index (χ1v) is 10.2. The maximum absolute atomic E-state index is 12.5. The number of carbonyl (C=O) groups is 2. The Kier molecular flexibility index (Phi) is 7.25. The SMILES string of the molecule is CCN(CC)C(CNC(=O)CCN1C(=O)COc2ccccc21)c1ccccc1. The number of benzene rings is 2. The van der Waals surface area contributed by atoms with Crippen molar-refractivity contribution in [3.8, 4) is 5.75 Å². The van der Waals surface area contributed by atoms with Gasteiger partial charge in [-0.3, -0.25) is 14.5 Å². The molecular formula is C23H29N3O3. The lowest BCUT2D eigenvalue weighted by atomic mass is 10.0. The van der Waals surface area contributed by atoms with E-state index in [0.717, 1.165) is 18.8 Å². The Morgan fingerprint density at radius 2 is 1.79 bits per heavy atom. The van der Waals surface area contributed by atoms with Crippen molar-refractivity contribution in [2.75, 3.05) is 37.7 Å². The largest absolute Gasteiger partial charge is 0.482 e. The summed E-state index contributed by atoms with van der Waals surface area (Å²) < 4.78 is 5.45. The van der Waals surface area contributed by atoms with E-state index in [2.05, 4.69) is 36.2 Å². The van der Waals surface area contributed by atoms with E-state index in [1.807, 2.05) is 42.5 Å². The van der Waals surface area contributed by atoms with Crippen LogP contribution in [0.15, 0.2) is 54.6 Å². The zero-order valence-corrected chi connectivity index (χ0v) is 17.1. The van der Waals surface area contributed by atoms with Gasteiger partial charge in [0.05, 0.1) is 11.7 Å². The second-order valence-electron chi connectivity index (χ2n) is 7.00. The number of hydrogen-bond acceptors (Lipinski definition) is 4. The van der Waals surface area contributed by atoms with Crippen molar-refractivity contribution in [2.45, 2.75) is 26.3 Å². The third-order valence-corrected chi connectivity index (χ3v) is 5.30. The summed E-state index contributed by atoms with van der Waals surface area (Å²) in [5.41, 5.74) is 1.91. The molecule has 0 bridgehead atoms. The normalized spacial score (nSPS) is 14.3. The minimum Gasteiger partial charge on any atom is -0.482 e. The Balaban J connectivity index is 1.59. The highest BCUT2D eigenvalue weighted by atomic mass is 16.5. The molecule has 1 aliphatic heterocycles. The van der Waals surface area contributed by atoms with Crippen LogP contribution in [0.3, 0.4) is 0 Å². The lowest BCUT2D eigenvalue weighted by Gasteiger charge is -2.31. The highest BCUT2D eigenvalue weighted by molar-refractivity contribution is 5.98. The fourth-order valence-electron chi connectivity index (χ4n) is 3.71. The summed E-state index contributed by atoms with van der Waals surface area (Å²) in [6, 6.07) is 17.8. The molecule has 6 heteroatoms. The first-order chi connectivity index (χ1) is 14.1. The summed E-state index contributed by atoms with van der Waals surface area (Å²) in [4.78, 5) is 28.8. The van der Waals surface area contributed by atoms with Gasteiger partial charge in [-0.1, -0.05) is 56.3 Å². The van der Waals surface area contributed by atoms with Crippen LogP contribution < -0.4 is 15.0 Å². The van der Waals surface area contributed by atoms with Gasteiger partial charge in [-0.15, -0.1) is 0 Å². The van der Waals surface area contributed by atoms with Crippen LogP contribution in [0, 0.1) is 0 Å². The molecule has 0 saturated heterocycles. The number of nitrogens with one attached hydrogen (secondary N) is 1. The fraction of sp³-hybridized carbons (Fsp3) is 0.391. The molecule has 1 heterocycles. The number of amides is 2. The Bertz CT molecular complexity index is 821. The van der Waals surface area contributed by atoms with Gasteiger partial charge in [0.15, 0.2) is 6.61 Å². The van der Waals surface area contributed by atoms with E-state index in [9.17, 15) is 9.59 Å². The van der Waals surface area contributed by atoms with Gasteiger partial charge in [0.1, 0.15) is 5.75 Å². The standard InChI is InChI=1S/C23H29N3O3/c1-3-25(4-2)20(18-10-6-5-7-11-18)16-24-22(27)14-15-26-19-12-8-9-13-21(19)29-17-23(26)28/h5-13,20H,3-4,14-17H2,1-2H3,(H,24,27). The zero-order chi connectivity index (χ0) is 20.6. The van der Waals surface area contributed by atoms with E-state index in [4.69, 9.17) is 4.74 Å². The monoisotopic (exact) mass is 395 g/mol. The van der Waals surface area contributed by atoms with Gasteiger partial charge in [0.25, 0.3) is 5.91 Å². The molecule has 2 amide bonds. The topological polar surface area (TPSA) is 61.9 Å². The predicted molar refractivity (Wildman–Crippen MR) is 114 cm³/mol. The third-order valence-electron chi connectivity index (χ3n) is 5.30. The Hall–Kier alpha value is -2.86. The molecule has 6 nitrogen and oxygen atoms in total. The molecular weight excluding hydrogens is 366 g/mol. The molecule has 0 aliphatic carbocycles. The minimum atomic E-state index is -0.123. The van der Waals surface area contributed by atoms with Gasteiger partial charge in [-0.2, -0.15) is 0 Å². The third kappa shape index (κ3) is 5.15. The van der Waals surface area contributed by atoms with Crippen LogP contribution in [-0.2, 0) is 9.59 Å².